The van der Waals surface area contributed by atoms with Crippen LogP contribution in [-0.2, 0) is 9.59 Å². The summed E-state index contributed by atoms with van der Waals surface area (Å²) in [5, 5.41) is 2.75. The molecule has 0 aromatic heterocycles. The first-order chi connectivity index (χ1) is 14.3. The van der Waals surface area contributed by atoms with Gasteiger partial charge in [0, 0.05) is 23.2 Å². The molecule has 30 heavy (non-hydrogen) atoms. The van der Waals surface area contributed by atoms with Crippen LogP contribution in [0.2, 0.25) is 0 Å². The molecule has 1 N–H and O–H groups in total. The van der Waals surface area contributed by atoms with Gasteiger partial charge in [0.25, 0.3) is 11.8 Å². The molecule has 0 aliphatic carbocycles. The Morgan fingerprint density at radius 1 is 1.03 bits per heavy atom. The molecule has 2 saturated heterocycles. The average molecular weight is 484 g/mol. The molecule has 2 fully saturated rings. The Bertz CT molecular complexity index is 1090. The van der Waals surface area contributed by atoms with E-state index >= 15 is 0 Å². The van der Waals surface area contributed by atoms with Crippen LogP contribution in [0, 0.1) is 13.8 Å². The van der Waals surface area contributed by atoms with Gasteiger partial charge in [-0.1, -0.05) is 22.0 Å². The molecule has 0 unspecified atom stereocenters. The molecular weight excluding hydrogens is 462 g/mol. The molecule has 5 nitrogen and oxygen atoms in total. The predicted octanol–water partition coefficient (Wildman–Crippen LogP) is 4.50. The minimum atomic E-state index is -0.473. The average Bonchev–Trinajstić information content (AvgIpc) is 3.22. The lowest BCUT2D eigenvalue weighted by molar-refractivity contribution is -0.122. The Hall–Kier alpha value is -2.51. The molecule has 154 valence electrons. The van der Waals surface area contributed by atoms with Crippen LogP contribution in [-0.4, -0.2) is 30.0 Å². The number of anilines is 2. The smallest absolute Gasteiger partial charge is 0.270 e. The SMILES string of the molecule is Cc1cc(N2CCCC2)ccc1/C=C1\C(=O)NC(=S)N(c2ccc(Br)cc2C)C1=O. The zero-order valence-corrected chi connectivity index (χ0v) is 19.3. The van der Waals surface area contributed by atoms with Crippen molar-refractivity contribution in [3.63, 3.8) is 0 Å². The van der Waals surface area contributed by atoms with Crippen molar-refractivity contribution in [1.29, 1.82) is 0 Å². The maximum atomic E-state index is 13.3. The van der Waals surface area contributed by atoms with Gasteiger partial charge in [0.2, 0.25) is 0 Å². The Balaban J connectivity index is 1.69. The highest BCUT2D eigenvalue weighted by atomic mass is 79.9. The molecule has 0 spiro atoms. The van der Waals surface area contributed by atoms with Gasteiger partial charge >= 0.3 is 0 Å². The van der Waals surface area contributed by atoms with Crippen LogP contribution in [0.1, 0.15) is 29.5 Å². The van der Waals surface area contributed by atoms with E-state index in [9.17, 15) is 9.59 Å². The van der Waals surface area contributed by atoms with Crippen LogP contribution in [0.15, 0.2) is 46.4 Å². The molecule has 0 radical (unpaired) electrons. The van der Waals surface area contributed by atoms with Crippen molar-refractivity contribution in [2.75, 3.05) is 22.9 Å². The van der Waals surface area contributed by atoms with Crippen LogP contribution >= 0.6 is 28.1 Å². The third-order valence-corrected chi connectivity index (χ3v) is 6.30. The van der Waals surface area contributed by atoms with E-state index in [4.69, 9.17) is 12.2 Å². The van der Waals surface area contributed by atoms with Gasteiger partial charge in [-0.2, -0.15) is 0 Å². The van der Waals surface area contributed by atoms with Crippen LogP contribution < -0.4 is 15.1 Å². The minimum absolute atomic E-state index is 0.0722. The summed E-state index contributed by atoms with van der Waals surface area (Å²) in [5.74, 6) is -0.892. The number of nitrogens with zero attached hydrogens (tertiary/aromatic N) is 2. The number of halogens is 1. The second-order valence-electron chi connectivity index (χ2n) is 7.62. The van der Waals surface area contributed by atoms with Gasteiger partial charge in [-0.05, 0) is 92.0 Å². The van der Waals surface area contributed by atoms with E-state index in [1.807, 2.05) is 38.1 Å². The van der Waals surface area contributed by atoms with E-state index in [0.29, 0.717) is 5.69 Å². The van der Waals surface area contributed by atoms with Gasteiger partial charge in [0.1, 0.15) is 5.57 Å². The van der Waals surface area contributed by atoms with E-state index < -0.39 is 11.8 Å². The fourth-order valence-electron chi connectivity index (χ4n) is 3.90. The largest absolute Gasteiger partial charge is 0.372 e. The zero-order valence-electron chi connectivity index (χ0n) is 16.9. The predicted molar refractivity (Wildman–Crippen MR) is 128 cm³/mol. The number of amides is 2. The van der Waals surface area contributed by atoms with E-state index in [-0.39, 0.29) is 10.7 Å². The summed E-state index contributed by atoms with van der Waals surface area (Å²) in [5.41, 5.74) is 4.65. The fourth-order valence-corrected chi connectivity index (χ4v) is 4.64. The molecule has 4 rings (SSSR count). The number of hydrogen-bond acceptors (Lipinski definition) is 4. The van der Waals surface area contributed by atoms with Crippen molar-refractivity contribution in [1.82, 2.24) is 5.32 Å². The molecule has 2 aliphatic heterocycles. The molecule has 2 heterocycles. The van der Waals surface area contributed by atoms with Crippen molar-refractivity contribution in [3.8, 4) is 0 Å². The van der Waals surface area contributed by atoms with Gasteiger partial charge in [0.15, 0.2) is 5.11 Å². The van der Waals surface area contributed by atoms with Crippen LogP contribution in [0.25, 0.3) is 6.08 Å². The normalized spacial score (nSPS) is 18.4. The lowest BCUT2D eigenvalue weighted by atomic mass is 10.0. The van der Waals surface area contributed by atoms with Crippen molar-refractivity contribution in [2.24, 2.45) is 0 Å². The minimum Gasteiger partial charge on any atom is -0.372 e. The van der Waals surface area contributed by atoms with Gasteiger partial charge in [-0.15, -0.1) is 0 Å². The highest BCUT2D eigenvalue weighted by Crippen LogP contribution is 2.29. The van der Waals surface area contributed by atoms with E-state index in [2.05, 4.69) is 38.3 Å². The number of nitrogens with one attached hydrogen (secondary N) is 1. The highest BCUT2D eigenvalue weighted by molar-refractivity contribution is 9.10. The van der Waals surface area contributed by atoms with Crippen molar-refractivity contribution in [3.05, 3.63) is 63.1 Å². The Kier molecular flexibility index (Phi) is 5.75. The molecule has 0 saturated carbocycles. The van der Waals surface area contributed by atoms with E-state index in [1.165, 1.54) is 23.4 Å². The number of carbonyl (C=O) groups is 2. The van der Waals surface area contributed by atoms with Crippen LogP contribution in [0.4, 0.5) is 11.4 Å². The third kappa shape index (κ3) is 3.91. The third-order valence-electron chi connectivity index (χ3n) is 5.53. The maximum absolute atomic E-state index is 13.3. The summed E-state index contributed by atoms with van der Waals surface area (Å²) in [6, 6.07) is 11.7. The molecule has 2 aliphatic rings. The van der Waals surface area contributed by atoms with E-state index in [1.54, 1.807) is 6.08 Å². The molecule has 2 amide bonds. The lowest BCUT2D eigenvalue weighted by Gasteiger charge is -2.30. The second-order valence-corrected chi connectivity index (χ2v) is 8.93. The van der Waals surface area contributed by atoms with E-state index in [0.717, 1.165) is 34.3 Å². The second kappa shape index (κ2) is 8.32. The monoisotopic (exact) mass is 483 g/mol. The first-order valence-electron chi connectivity index (χ1n) is 9.88. The van der Waals surface area contributed by atoms with Gasteiger partial charge in [-0.25, -0.2) is 0 Å². The Labute approximate surface area is 189 Å². The van der Waals surface area contributed by atoms with Crippen molar-refractivity contribution < 1.29 is 9.59 Å². The Morgan fingerprint density at radius 3 is 2.43 bits per heavy atom. The Morgan fingerprint density at radius 2 is 1.77 bits per heavy atom. The number of thiocarbonyl (C=S) groups is 1. The van der Waals surface area contributed by atoms with Gasteiger partial charge in [-0.3, -0.25) is 19.8 Å². The molecule has 0 bridgehead atoms. The molecular formula is C23H22BrN3O2S. The number of carbonyl (C=O) groups excluding carboxylic acids is 2. The zero-order chi connectivity index (χ0) is 21.4. The molecule has 2 aromatic carbocycles. The lowest BCUT2D eigenvalue weighted by Crippen LogP contribution is -2.54. The van der Waals surface area contributed by atoms with Crippen molar-refractivity contribution in [2.45, 2.75) is 26.7 Å². The highest BCUT2D eigenvalue weighted by Gasteiger charge is 2.35. The maximum Gasteiger partial charge on any atom is 0.270 e. The summed E-state index contributed by atoms with van der Waals surface area (Å²) in [4.78, 5) is 29.6. The summed E-state index contributed by atoms with van der Waals surface area (Å²) in [6.45, 7) is 6.04. The first-order valence-corrected chi connectivity index (χ1v) is 11.1. The topological polar surface area (TPSA) is 52.7 Å². The molecule has 2 aromatic rings. The van der Waals surface area contributed by atoms with Gasteiger partial charge in [0.05, 0.1) is 5.69 Å². The summed E-state index contributed by atoms with van der Waals surface area (Å²) < 4.78 is 0.910. The standard InChI is InChI=1S/C23H22BrN3O2S/c1-14-12-18(26-9-3-4-10-26)7-5-16(14)13-19-21(28)25-23(30)27(22(19)29)20-8-6-17(24)11-15(20)2/h5-8,11-13H,3-4,9-10H2,1-2H3,(H,25,28,30)/b19-13+. The number of aryl methyl sites for hydroxylation is 2. The fraction of sp³-hybridized carbons (Fsp3) is 0.261. The summed E-state index contributed by atoms with van der Waals surface area (Å²) in [7, 11) is 0. The quantitative estimate of drug-likeness (QED) is 0.396. The summed E-state index contributed by atoms with van der Waals surface area (Å²) >= 11 is 8.74. The van der Waals surface area contributed by atoms with Crippen molar-refractivity contribution >= 4 is 62.5 Å². The number of hydrogen-bond donors (Lipinski definition) is 1. The van der Waals surface area contributed by atoms with Gasteiger partial charge < -0.3 is 4.90 Å². The van der Waals surface area contributed by atoms with Crippen LogP contribution in [0.5, 0.6) is 0 Å². The van der Waals surface area contributed by atoms with Crippen LogP contribution in [0.3, 0.4) is 0 Å². The molecule has 7 heteroatoms. The number of rotatable bonds is 3. The number of benzene rings is 2. The first kappa shape index (κ1) is 20.8. The molecule has 0 atom stereocenters. The summed E-state index contributed by atoms with van der Waals surface area (Å²) in [6.07, 6.45) is 4.08.